The van der Waals surface area contributed by atoms with Gasteiger partial charge in [-0.3, -0.25) is 0 Å². The molecule has 5 nitrogen and oxygen atoms in total. The molecular weight excluding hydrogens is 196 g/mol. The van der Waals surface area contributed by atoms with E-state index >= 15 is 0 Å². The van der Waals surface area contributed by atoms with Gasteiger partial charge in [-0.15, -0.1) is 0 Å². The first-order valence-electron chi connectivity index (χ1n) is 5.09. The third-order valence-electron chi connectivity index (χ3n) is 2.09. The van der Waals surface area contributed by atoms with E-state index in [4.69, 9.17) is 9.15 Å². The molecule has 0 radical (unpaired) electrons. The van der Waals surface area contributed by atoms with Crippen molar-refractivity contribution in [3.8, 4) is 5.88 Å². The van der Waals surface area contributed by atoms with Crippen molar-refractivity contribution in [2.24, 2.45) is 0 Å². The monoisotopic (exact) mass is 210 g/mol. The van der Waals surface area contributed by atoms with E-state index in [0.717, 1.165) is 12.8 Å². The maximum absolute atomic E-state index is 11.2. The molecule has 1 N–H and O–H groups in total. The Labute approximate surface area is 87.8 Å². The smallest absolute Gasteiger partial charge is 0.414 e. The van der Waals surface area contributed by atoms with Crippen LogP contribution in [0, 0.1) is 0 Å². The van der Waals surface area contributed by atoms with Crippen molar-refractivity contribution >= 4 is 6.09 Å². The SMILES string of the molecule is CC(C)c1nc(OC(=O)NC2CC2)co1. The zero-order chi connectivity index (χ0) is 10.8. The van der Waals surface area contributed by atoms with E-state index in [0.29, 0.717) is 5.89 Å². The van der Waals surface area contributed by atoms with Gasteiger partial charge in [-0.05, 0) is 12.8 Å². The number of aromatic nitrogens is 1. The summed E-state index contributed by atoms with van der Waals surface area (Å²) in [7, 11) is 0. The molecule has 1 heterocycles. The number of carbonyl (C=O) groups is 1. The molecule has 82 valence electrons. The van der Waals surface area contributed by atoms with Crippen LogP contribution in [0.25, 0.3) is 0 Å². The van der Waals surface area contributed by atoms with Gasteiger partial charge in [0.1, 0.15) is 0 Å². The predicted molar refractivity (Wildman–Crippen MR) is 52.8 cm³/mol. The fourth-order valence-electron chi connectivity index (χ4n) is 1.10. The molecule has 1 aliphatic rings. The summed E-state index contributed by atoms with van der Waals surface area (Å²) in [6.07, 6.45) is 2.96. The molecule has 1 saturated carbocycles. The largest absolute Gasteiger partial charge is 0.445 e. The number of rotatable bonds is 3. The molecule has 0 spiro atoms. The van der Waals surface area contributed by atoms with Crippen LogP contribution in [0.5, 0.6) is 5.88 Å². The van der Waals surface area contributed by atoms with Crippen molar-refractivity contribution in [1.29, 1.82) is 0 Å². The first-order chi connectivity index (χ1) is 7.15. The molecule has 1 fully saturated rings. The van der Waals surface area contributed by atoms with Gasteiger partial charge in [0, 0.05) is 12.0 Å². The highest BCUT2D eigenvalue weighted by molar-refractivity contribution is 5.70. The number of carbonyl (C=O) groups excluding carboxylic acids is 1. The highest BCUT2D eigenvalue weighted by Crippen LogP contribution is 2.20. The topological polar surface area (TPSA) is 64.4 Å². The minimum atomic E-state index is -0.457. The highest BCUT2D eigenvalue weighted by atomic mass is 16.6. The van der Waals surface area contributed by atoms with Gasteiger partial charge in [0.25, 0.3) is 5.88 Å². The second-order valence-electron chi connectivity index (χ2n) is 3.99. The summed E-state index contributed by atoms with van der Waals surface area (Å²) in [5.41, 5.74) is 0. The van der Waals surface area contributed by atoms with Crippen molar-refractivity contribution in [3.63, 3.8) is 0 Å². The summed E-state index contributed by atoms with van der Waals surface area (Å²) < 4.78 is 10.1. The molecule has 0 unspecified atom stereocenters. The Morgan fingerprint density at radius 2 is 2.40 bits per heavy atom. The van der Waals surface area contributed by atoms with Crippen molar-refractivity contribution in [2.75, 3.05) is 0 Å². The van der Waals surface area contributed by atoms with Crippen LogP contribution in [0.3, 0.4) is 0 Å². The zero-order valence-corrected chi connectivity index (χ0v) is 8.82. The lowest BCUT2D eigenvalue weighted by Gasteiger charge is -2.00. The number of oxazole rings is 1. The van der Waals surface area contributed by atoms with Gasteiger partial charge in [-0.1, -0.05) is 13.8 Å². The molecule has 5 heteroatoms. The minimum Gasteiger partial charge on any atom is -0.445 e. The average molecular weight is 210 g/mol. The number of hydrogen-bond donors (Lipinski definition) is 1. The number of nitrogens with zero attached hydrogens (tertiary/aromatic N) is 1. The Bertz CT molecular complexity index is 355. The molecular formula is C10H14N2O3. The number of hydrogen-bond acceptors (Lipinski definition) is 4. The Morgan fingerprint density at radius 1 is 1.67 bits per heavy atom. The van der Waals surface area contributed by atoms with E-state index in [9.17, 15) is 4.79 Å². The quantitative estimate of drug-likeness (QED) is 0.829. The van der Waals surface area contributed by atoms with Crippen LogP contribution < -0.4 is 10.1 Å². The standard InChI is InChI=1S/C10H14N2O3/c1-6(2)9-12-8(5-14-9)15-10(13)11-7-3-4-7/h5-7H,3-4H2,1-2H3,(H,11,13). The number of ether oxygens (including phenoxy) is 1. The molecule has 1 aromatic heterocycles. The average Bonchev–Trinajstić information content (AvgIpc) is 2.82. The first kappa shape index (κ1) is 10.0. The minimum absolute atomic E-state index is 0.189. The van der Waals surface area contributed by atoms with E-state index in [2.05, 4.69) is 10.3 Å². The van der Waals surface area contributed by atoms with E-state index in [1.165, 1.54) is 6.26 Å². The molecule has 1 amide bonds. The van der Waals surface area contributed by atoms with Gasteiger partial charge in [0.05, 0.1) is 0 Å². The molecule has 0 aromatic carbocycles. The summed E-state index contributed by atoms with van der Waals surface area (Å²) in [5.74, 6) is 0.981. The third kappa shape index (κ3) is 2.71. The molecule has 1 aliphatic carbocycles. The fraction of sp³-hybridized carbons (Fsp3) is 0.600. The van der Waals surface area contributed by atoms with Gasteiger partial charge in [-0.2, -0.15) is 4.98 Å². The fourth-order valence-corrected chi connectivity index (χ4v) is 1.10. The second kappa shape index (κ2) is 3.92. The molecule has 1 aromatic rings. The van der Waals surface area contributed by atoms with Crippen LogP contribution in [-0.4, -0.2) is 17.1 Å². The predicted octanol–water partition coefficient (Wildman–Crippen LogP) is 2.05. The molecule has 2 rings (SSSR count). The molecule has 0 bridgehead atoms. The van der Waals surface area contributed by atoms with E-state index in [-0.39, 0.29) is 17.8 Å². The molecule has 0 atom stereocenters. The van der Waals surface area contributed by atoms with Gasteiger partial charge < -0.3 is 14.5 Å². The molecule has 0 saturated heterocycles. The third-order valence-corrected chi connectivity index (χ3v) is 2.09. The summed E-state index contributed by atoms with van der Waals surface area (Å²) in [5, 5.41) is 2.70. The van der Waals surface area contributed by atoms with Crippen molar-refractivity contribution in [1.82, 2.24) is 10.3 Å². The Hall–Kier alpha value is -1.52. The lowest BCUT2D eigenvalue weighted by atomic mass is 10.2. The zero-order valence-electron chi connectivity index (χ0n) is 8.82. The Kier molecular flexibility index (Phi) is 2.62. The van der Waals surface area contributed by atoms with Crippen LogP contribution in [0.15, 0.2) is 10.7 Å². The van der Waals surface area contributed by atoms with E-state index < -0.39 is 6.09 Å². The molecule has 0 aliphatic heterocycles. The summed E-state index contributed by atoms with van der Waals surface area (Å²) in [6.45, 7) is 3.92. The van der Waals surface area contributed by atoms with Crippen LogP contribution >= 0.6 is 0 Å². The summed E-state index contributed by atoms with van der Waals surface area (Å²) in [4.78, 5) is 15.3. The van der Waals surface area contributed by atoms with Gasteiger partial charge in [0.15, 0.2) is 12.2 Å². The lowest BCUT2D eigenvalue weighted by molar-refractivity contribution is 0.198. The number of nitrogens with one attached hydrogen (secondary N) is 1. The van der Waals surface area contributed by atoms with E-state index in [1.807, 2.05) is 13.8 Å². The van der Waals surface area contributed by atoms with Crippen molar-refractivity contribution in [3.05, 3.63) is 12.2 Å². The number of amides is 1. The van der Waals surface area contributed by atoms with Crippen LogP contribution in [0.4, 0.5) is 4.79 Å². The highest BCUT2D eigenvalue weighted by Gasteiger charge is 2.24. The maximum Gasteiger partial charge on any atom is 0.414 e. The Morgan fingerprint density at radius 3 is 2.93 bits per heavy atom. The normalized spacial score (nSPS) is 15.4. The summed E-state index contributed by atoms with van der Waals surface area (Å²) in [6, 6.07) is 0.286. The second-order valence-corrected chi connectivity index (χ2v) is 3.99. The first-order valence-corrected chi connectivity index (χ1v) is 5.09. The van der Waals surface area contributed by atoms with Gasteiger partial charge in [0.2, 0.25) is 0 Å². The van der Waals surface area contributed by atoms with Gasteiger partial charge >= 0.3 is 6.09 Å². The lowest BCUT2D eigenvalue weighted by Crippen LogP contribution is -2.28. The van der Waals surface area contributed by atoms with Gasteiger partial charge in [-0.25, -0.2) is 4.79 Å². The molecule has 15 heavy (non-hydrogen) atoms. The van der Waals surface area contributed by atoms with Crippen LogP contribution in [-0.2, 0) is 0 Å². The summed E-state index contributed by atoms with van der Waals surface area (Å²) >= 11 is 0. The van der Waals surface area contributed by atoms with E-state index in [1.54, 1.807) is 0 Å². The van der Waals surface area contributed by atoms with Crippen molar-refractivity contribution in [2.45, 2.75) is 38.6 Å². The Balaban J connectivity index is 1.88. The van der Waals surface area contributed by atoms with Crippen LogP contribution in [0.1, 0.15) is 38.5 Å². The maximum atomic E-state index is 11.2. The van der Waals surface area contributed by atoms with Crippen LogP contribution in [0.2, 0.25) is 0 Å². The van der Waals surface area contributed by atoms with Crippen molar-refractivity contribution < 1.29 is 13.9 Å².